The van der Waals surface area contributed by atoms with Gasteiger partial charge in [-0.25, -0.2) is 4.39 Å². The number of hydrogen-bond donors (Lipinski definition) is 0. The van der Waals surface area contributed by atoms with Crippen molar-refractivity contribution >= 4 is 15.9 Å². The van der Waals surface area contributed by atoms with Crippen molar-refractivity contribution in [2.45, 2.75) is 32.8 Å². The third kappa shape index (κ3) is 3.60. The first-order chi connectivity index (χ1) is 9.61. The fourth-order valence-corrected chi connectivity index (χ4v) is 2.50. The first-order valence-corrected chi connectivity index (χ1v) is 7.56. The van der Waals surface area contributed by atoms with E-state index in [0.717, 1.165) is 22.2 Å². The summed E-state index contributed by atoms with van der Waals surface area (Å²) in [5.41, 5.74) is 2.15. The molecule has 2 aromatic carbocycles. The maximum atomic E-state index is 13.1. The van der Waals surface area contributed by atoms with Gasteiger partial charge < -0.3 is 4.74 Å². The fraction of sp³-hybridized carbons (Fsp3) is 0.294. The largest absolute Gasteiger partial charge is 0.489 e. The van der Waals surface area contributed by atoms with E-state index in [2.05, 4.69) is 35.8 Å². The van der Waals surface area contributed by atoms with Crippen LogP contribution < -0.4 is 4.74 Å². The second kappa shape index (κ2) is 6.89. The lowest BCUT2D eigenvalue weighted by Crippen LogP contribution is -2.01. The van der Waals surface area contributed by atoms with Crippen molar-refractivity contribution < 1.29 is 9.13 Å². The zero-order valence-electron chi connectivity index (χ0n) is 11.7. The quantitative estimate of drug-likeness (QED) is 0.682. The zero-order valence-corrected chi connectivity index (χ0v) is 13.3. The lowest BCUT2D eigenvalue weighted by molar-refractivity contribution is 0.300. The maximum Gasteiger partial charge on any atom is 0.124 e. The van der Waals surface area contributed by atoms with Gasteiger partial charge in [0.05, 0.1) is 0 Å². The molecule has 0 aliphatic carbocycles. The molecule has 0 aliphatic rings. The Morgan fingerprint density at radius 2 is 1.95 bits per heavy atom. The van der Waals surface area contributed by atoms with Gasteiger partial charge in [-0.2, -0.15) is 0 Å². The summed E-state index contributed by atoms with van der Waals surface area (Å²) in [6.07, 6.45) is 1.07. The molecule has 1 unspecified atom stereocenters. The van der Waals surface area contributed by atoms with Gasteiger partial charge in [-0.3, -0.25) is 0 Å². The molecule has 20 heavy (non-hydrogen) atoms. The van der Waals surface area contributed by atoms with Crippen LogP contribution in [0.15, 0.2) is 46.9 Å². The lowest BCUT2D eigenvalue weighted by atomic mass is 9.98. The molecule has 0 N–H and O–H groups in total. The van der Waals surface area contributed by atoms with E-state index in [-0.39, 0.29) is 5.82 Å². The van der Waals surface area contributed by atoms with Crippen LogP contribution in [0.1, 0.15) is 37.3 Å². The van der Waals surface area contributed by atoms with Gasteiger partial charge in [-0.15, -0.1) is 0 Å². The predicted octanol–water partition coefficient (Wildman–Crippen LogP) is 5.68. The molecular weight excluding hydrogens is 319 g/mol. The maximum absolute atomic E-state index is 13.1. The van der Waals surface area contributed by atoms with E-state index in [1.54, 1.807) is 6.07 Å². The van der Waals surface area contributed by atoms with Crippen LogP contribution in [0.2, 0.25) is 0 Å². The minimum atomic E-state index is -0.249. The summed E-state index contributed by atoms with van der Waals surface area (Å²) < 4.78 is 19.7. The van der Waals surface area contributed by atoms with Crippen molar-refractivity contribution in [2.24, 2.45) is 0 Å². The Morgan fingerprint density at radius 3 is 2.65 bits per heavy atom. The molecule has 0 amide bonds. The second-order valence-corrected chi connectivity index (χ2v) is 5.73. The van der Waals surface area contributed by atoms with Gasteiger partial charge in [0.15, 0.2) is 0 Å². The fourth-order valence-electron chi connectivity index (χ4n) is 2.03. The summed E-state index contributed by atoms with van der Waals surface area (Å²) >= 11 is 3.36. The van der Waals surface area contributed by atoms with Crippen LogP contribution in [0.5, 0.6) is 5.75 Å². The minimum absolute atomic E-state index is 0.249. The summed E-state index contributed by atoms with van der Waals surface area (Å²) in [5.74, 6) is 1.11. The van der Waals surface area contributed by atoms with Crippen LogP contribution in [0.25, 0.3) is 0 Å². The van der Waals surface area contributed by atoms with Crippen molar-refractivity contribution in [2.75, 3.05) is 0 Å². The molecular formula is C17H18BrFO. The number of benzene rings is 2. The first kappa shape index (κ1) is 15.0. The summed E-state index contributed by atoms with van der Waals surface area (Å²) in [5, 5.41) is 0. The molecule has 3 heteroatoms. The smallest absolute Gasteiger partial charge is 0.124 e. The topological polar surface area (TPSA) is 9.23 Å². The van der Waals surface area contributed by atoms with Crippen LogP contribution in [-0.2, 0) is 6.61 Å². The van der Waals surface area contributed by atoms with Gasteiger partial charge in [-0.1, -0.05) is 54.0 Å². The van der Waals surface area contributed by atoms with Crippen molar-refractivity contribution in [3.8, 4) is 5.75 Å². The molecule has 0 aromatic heterocycles. The van der Waals surface area contributed by atoms with Gasteiger partial charge >= 0.3 is 0 Å². The monoisotopic (exact) mass is 336 g/mol. The van der Waals surface area contributed by atoms with Gasteiger partial charge in [0.2, 0.25) is 0 Å². The lowest BCUT2D eigenvalue weighted by Gasteiger charge is -2.16. The molecule has 1 nitrogen and oxygen atoms in total. The van der Waals surface area contributed by atoms with Crippen LogP contribution >= 0.6 is 15.9 Å². The average Bonchev–Trinajstić information content (AvgIpc) is 2.46. The molecule has 0 spiro atoms. The normalized spacial score (nSPS) is 12.2. The zero-order chi connectivity index (χ0) is 14.5. The molecule has 1 atom stereocenters. The first-order valence-electron chi connectivity index (χ1n) is 6.77. The molecule has 2 rings (SSSR count). The molecule has 106 valence electrons. The second-order valence-electron chi connectivity index (χ2n) is 4.87. The predicted molar refractivity (Wildman–Crippen MR) is 83.6 cm³/mol. The summed E-state index contributed by atoms with van der Waals surface area (Å²) in [7, 11) is 0. The molecule has 0 saturated carbocycles. The van der Waals surface area contributed by atoms with E-state index in [0.29, 0.717) is 12.5 Å². The Labute approximate surface area is 127 Å². The number of ether oxygens (including phenoxy) is 1. The van der Waals surface area contributed by atoms with Crippen molar-refractivity contribution in [3.63, 3.8) is 0 Å². The van der Waals surface area contributed by atoms with Crippen LogP contribution in [-0.4, -0.2) is 0 Å². The average molecular weight is 337 g/mol. The Hall–Kier alpha value is -1.35. The van der Waals surface area contributed by atoms with Crippen LogP contribution in [0.3, 0.4) is 0 Å². The molecule has 0 bridgehead atoms. The van der Waals surface area contributed by atoms with Gasteiger partial charge in [0, 0.05) is 10.0 Å². The van der Waals surface area contributed by atoms with Crippen molar-refractivity contribution in [1.82, 2.24) is 0 Å². The standard InChI is InChI=1S/C17H18BrFO/c1-3-12(2)15-6-4-5-7-17(15)20-11-13-8-9-14(19)10-16(13)18/h4-10,12H,3,11H2,1-2H3. The Balaban J connectivity index is 2.15. The van der Waals surface area contributed by atoms with Gasteiger partial charge in [-0.05, 0) is 36.1 Å². The Morgan fingerprint density at radius 1 is 1.20 bits per heavy atom. The highest BCUT2D eigenvalue weighted by atomic mass is 79.9. The minimum Gasteiger partial charge on any atom is -0.489 e. The summed E-state index contributed by atoms with van der Waals surface area (Å²) in [6, 6.07) is 12.7. The molecule has 0 radical (unpaired) electrons. The molecule has 0 saturated heterocycles. The van der Waals surface area contributed by atoms with E-state index in [1.165, 1.54) is 17.7 Å². The van der Waals surface area contributed by atoms with Crippen LogP contribution in [0.4, 0.5) is 4.39 Å². The summed E-state index contributed by atoms with van der Waals surface area (Å²) in [6.45, 7) is 4.78. The molecule has 2 aromatic rings. The van der Waals surface area contributed by atoms with E-state index in [9.17, 15) is 4.39 Å². The number of para-hydroxylation sites is 1. The van der Waals surface area contributed by atoms with E-state index in [4.69, 9.17) is 4.74 Å². The van der Waals surface area contributed by atoms with E-state index in [1.807, 2.05) is 18.2 Å². The number of halogens is 2. The molecule has 0 heterocycles. The van der Waals surface area contributed by atoms with Crippen molar-refractivity contribution in [3.05, 3.63) is 63.9 Å². The van der Waals surface area contributed by atoms with E-state index >= 15 is 0 Å². The highest BCUT2D eigenvalue weighted by Crippen LogP contribution is 2.29. The Bertz CT molecular complexity index is 583. The SMILES string of the molecule is CCC(C)c1ccccc1OCc1ccc(F)cc1Br. The third-order valence-corrected chi connectivity index (χ3v) is 4.20. The van der Waals surface area contributed by atoms with E-state index < -0.39 is 0 Å². The number of rotatable bonds is 5. The summed E-state index contributed by atoms with van der Waals surface area (Å²) in [4.78, 5) is 0. The molecule has 0 aliphatic heterocycles. The molecule has 0 fully saturated rings. The number of hydrogen-bond acceptors (Lipinski definition) is 1. The highest BCUT2D eigenvalue weighted by Gasteiger charge is 2.10. The van der Waals surface area contributed by atoms with Crippen LogP contribution in [0, 0.1) is 5.82 Å². The third-order valence-electron chi connectivity index (χ3n) is 3.46. The van der Waals surface area contributed by atoms with Gasteiger partial charge in [0.1, 0.15) is 18.2 Å². The van der Waals surface area contributed by atoms with Gasteiger partial charge in [0.25, 0.3) is 0 Å². The van der Waals surface area contributed by atoms with Crippen molar-refractivity contribution in [1.29, 1.82) is 0 Å². The Kier molecular flexibility index (Phi) is 5.18. The highest BCUT2D eigenvalue weighted by molar-refractivity contribution is 9.10.